The van der Waals surface area contributed by atoms with E-state index in [1.54, 1.807) is 17.6 Å². The zero-order valence-corrected chi connectivity index (χ0v) is 8.80. The lowest BCUT2D eigenvalue weighted by atomic mass is 10.4. The van der Waals surface area contributed by atoms with Crippen LogP contribution in [0.2, 0.25) is 0 Å². The van der Waals surface area contributed by atoms with Gasteiger partial charge in [-0.2, -0.15) is 5.10 Å². The maximum absolute atomic E-state index is 11.2. The lowest BCUT2D eigenvalue weighted by Gasteiger charge is -1.93. The Morgan fingerprint density at radius 1 is 1.64 bits per heavy atom. The average molecular weight is 208 g/mol. The summed E-state index contributed by atoms with van der Waals surface area (Å²) in [5.41, 5.74) is 2.54. The number of amides is 1. The van der Waals surface area contributed by atoms with Gasteiger partial charge in [-0.3, -0.25) is 4.79 Å². The summed E-state index contributed by atoms with van der Waals surface area (Å²) >= 11 is 1.66. The normalized spacial score (nSPS) is 16.1. The summed E-state index contributed by atoms with van der Waals surface area (Å²) in [7, 11) is 0. The molecule has 1 fully saturated rings. The molecule has 1 amide bonds. The first kappa shape index (κ1) is 9.40. The summed E-state index contributed by atoms with van der Waals surface area (Å²) in [5.74, 6) is 0.270. The number of hydrazone groups is 1. The van der Waals surface area contributed by atoms with Crippen LogP contribution in [0.3, 0.4) is 0 Å². The minimum Gasteiger partial charge on any atom is -0.273 e. The van der Waals surface area contributed by atoms with Gasteiger partial charge in [0.1, 0.15) is 0 Å². The predicted octanol–water partition coefficient (Wildman–Crippen LogP) is 1.92. The minimum absolute atomic E-state index is 0.0505. The van der Waals surface area contributed by atoms with Crippen LogP contribution in [0.4, 0.5) is 0 Å². The number of hydrogen-bond donors (Lipinski definition) is 1. The molecule has 0 atom stereocenters. The van der Waals surface area contributed by atoms with Crippen molar-refractivity contribution in [2.45, 2.75) is 19.8 Å². The molecule has 1 aliphatic rings. The second kappa shape index (κ2) is 3.92. The van der Waals surface area contributed by atoms with Crippen molar-refractivity contribution in [1.29, 1.82) is 0 Å². The molecule has 1 heterocycles. The number of hydrogen-bond acceptors (Lipinski definition) is 3. The molecule has 1 aromatic heterocycles. The van der Waals surface area contributed by atoms with E-state index in [4.69, 9.17) is 0 Å². The number of nitrogens with zero attached hydrogens (tertiary/aromatic N) is 1. The van der Waals surface area contributed by atoms with Crippen LogP contribution in [0, 0.1) is 12.8 Å². The Bertz CT molecular complexity index is 366. The van der Waals surface area contributed by atoms with Crippen molar-refractivity contribution in [2.75, 3.05) is 0 Å². The van der Waals surface area contributed by atoms with Gasteiger partial charge < -0.3 is 0 Å². The number of rotatable bonds is 3. The van der Waals surface area contributed by atoms with Crippen LogP contribution in [-0.2, 0) is 4.79 Å². The van der Waals surface area contributed by atoms with Crippen molar-refractivity contribution >= 4 is 23.5 Å². The second-order valence-electron chi connectivity index (χ2n) is 3.46. The van der Waals surface area contributed by atoms with Gasteiger partial charge in [0.2, 0.25) is 5.91 Å². The third-order valence-electron chi connectivity index (χ3n) is 2.08. The predicted molar refractivity (Wildman–Crippen MR) is 57.5 cm³/mol. The van der Waals surface area contributed by atoms with E-state index in [1.165, 1.54) is 4.88 Å². The molecule has 0 radical (unpaired) electrons. The molecule has 0 bridgehead atoms. The zero-order valence-electron chi connectivity index (χ0n) is 7.99. The van der Waals surface area contributed by atoms with Gasteiger partial charge in [-0.1, -0.05) is 0 Å². The topological polar surface area (TPSA) is 41.5 Å². The van der Waals surface area contributed by atoms with Crippen molar-refractivity contribution in [3.8, 4) is 0 Å². The highest BCUT2D eigenvalue weighted by molar-refractivity contribution is 7.13. The summed E-state index contributed by atoms with van der Waals surface area (Å²) < 4.78 is 0. The summed E-state index contributed by atoms with van der Waals surface area (Å²) in [6, 6.07) is 4.03. The van der Waals surface area contributed by atoms with Crippen LogP contribution in [0.5, 0.6) is 0 Å². The molecule has 0 aliphatic heterocycles. The monoisotopic (exact) mass is 208 g/mol. The van der Waals surface area contributed by atoms with Crippen LogP contribution >= 0.6 is 11.3 Å². The number of aryl methyl sites for hydroxylation is 1. The van der Waals surface area contributed by atoms with E-state index in [-0.39, 0.29) is 11.8 Å². The molecule has 1 N–H and O–H groups in total. The second-order valence-corrected chi connectivity index (χ2v) is 4.78. The third-order valence-corrected chi connectivity index (χ3v) is 3.01. The van der Waals surface area contributed by atoms with Gasteiger partial charge in [0, 0.05) is 15.7 Å². The van der Waals surface area contributed by atoms with E-state index in [2.05, 4.69) is 10.5 Å². The van der Waals surface area contributed by atoms with Gasteiger partial charge in [0.05, 0.1) is 6.21 Å². The summed E-state index contributed by atoms with van der Waals surface area (Å²) in [5, 5.41) is 3.90. The molecule has 0 unspecified atom stereocenters. The van der Waals surface area contributed by atoms with E-state index < -0.39 is 0 Å². The Hall–Kier alpha value is -1.16. The van der Waals surface area contributed by atoms with Gasteiger partial charge in [0.25, 0.3) is 0 Å². The van der Waals surface area contributed by atoms with Crippen molar-refractivity contribution in [3.05, 3.63) is 21.9 Å². The van der Waals surface area contributed by atoms with Crippen LogP contribution in [-0.4, -0.2) is 12.1 Å². The fourth-order valence-corrected chi connectivity index (χ4v) is 1.87. The Morgan fingerprint density at radius 3 is 3.00 bits per heavy atom. The van der Waals surface area contributed by atoms with Crippen LogP contribution in [0.15, 0.2) is 17.2 Å². The average Bonchev–Trinajstić information content (AvgIpc) is 2.92. The molecule has 0 aromatic carbocycles. The lowest BCUT2D eigenvalue weighted by Crippen LogP contribution is -2.18. The molecule has 0 spiro atoms. The van der Waals surface area contributed by atoms with E-state index in [9.17, 15) is 4.79 Å². The minimum atomic E-state index is 0.0505. The first-order chi connectivity index (χ1) is 6.75. The highest BCUT2D eigenvalue weighted by Gasteiger charge is 2.29. The van der Waals surface area contributed by atoms with E-state index in [0.717, 1.165) is 17.7 Å². The zero-order chi connectivity index (χ0) is 9.97. The lowest BCUT2D eigenvalue weighted by molar-refractivity contribution is -0.122. The molecule has 4 heteroatoms. The third kappa shape index (κ3) is 2.42. The number of carbonyl (C=O) groups is 1. The Balaban J connectivity index is 1.84. The number of carbonyl (C=O) groups excluding carboxylic acids is 1. The summed E-state index contributed by atoms with van der Waals surface area (Å²) in [6.45, 7) is 2.05. The highest BCUT2D eigenvalue weighted by Crippen LogP contribution is 2.28. The van der Waals surface area contributed by atoms with E-state index in [0.29, 0.717) is 0 Å². The van der Waals surface area contributed by atoms with Crippen LogP contribution < -0.4 is 5.43 Å². The molecule has 0 saturated heterocycles. The molecule has 3 nitrogen and oxygen atoms in total. The van der Waals surface area contributed by atoms with Crippen molar-refractivity contribution in [1.82, 2.24) is 5.43 Å². The molecule has 14 heavy (non-hydrogen) atoms. The van der Waals surface area contributed by atoms with Crippen molar-refractivity contribution in [3.63, 3.8) is 0 Å². The first-order valence-electron chi connectivity index (χ1n) is 4.65. The van der Waals surface area contributed by atoms with E-state index >= 15 is 0 Å². The van der Waals surface area contributed by atoms with Crippen molar-refractivity contribution < 1.29 is 4.79 Å². The SMILES string of the molecule is Cc1ccc(/C=N/NC(=O)C2CC2)s1. The van der Waals surface area contributed by atoms with Gasteiger partial charge in [-0.25, -0.2) is 5.43 Å². The van der Waals surface area contributed by atoms with Crippen LogP contribution in [0.1, 0.15) is 22.6 Å². The summed E-state index contributed by atoms with van der Waals surface area (Å²) in [6.07, 6.45) is 3.72. The standard InChI is InChI=1S/C10H12N2OS/c1-7-2-5-9(14-7)6-11-12-10(13)8-3-4-8/h2,5-6,8H,3-4H2,1H3,(H,12,13)/b11-6+. The fourth-order valence-electron chi connectivity index (χ4n) is 1.12. The van der Waals surface area contributed by atoms with Crippen LogP contribution in [0.25, 0.3) is 0 Å². The number of nitrogens with one attached hydrogen (secondary N) is 1. The Kier molecular flexibility index (Phi) is 2.63. The molecular formula is C10H12N2OS. The summed E-state index contributed by atoms with van der Waals surface area (Å²) in [4.78, 5) is 13.5. The smallest absolute Gasteiger partial charge is 0.243 e. The largest absolute Gasteiger partial charge is 0.273 e. The molecule has 1 aromatic rings. The van der Waals surface area contributed by atoms with Gasteiger partial charge in [-0.15, -0.1) is 11.3 Å². The maximum atomic E-state index is 11.2. The quantitative estimate of drug-likeness (QED) is 0.598. The Morgan fingerprint density at radius 2 is 2.43 bits per heavy atom. The molecule has 2 rings (SSSR count). The van der Waals surface area contributed by atoms with E-state index in [1.807, 2.05) is 19.1 Å². The van der Waals surface area contributed by atoms with Crippen molar-refractivity contribution in [2.24, 2.45) is 11.0 Å². The van der Waals surface area contributed by atoms with Gasteiger partial charge >= 0.3 is 0 Å². The van der Waals surface area contributed by atoms with Gasteiger partial charge in [0.15, 0.2) is 0 Å². The first-order valence-corrected chi connectivity index (χ1v) is 5.47. The molecular weight excluding hydrogens is 196 g/mol. The fraction of sp³-hybridized carbons (Fsp3) is 0.400. The maximum Gasteiger partial charge on any atom is 0.243 e. The highest BCUT2D eigenvalue weighted by atomic mass is 32.1. The number of thiophene rings is 1. The molecule has 1 saturated carbocycles. The molecule has 74 valence electrons. The Labute approximate surface area is 86.8 Å². The van der Waals surface area contributed by atoms with Gasteiger partial charge in [-0.05, 0) is 31.9 Å². The molecule has 1 aliphatic carbocycles.